The van der Waals surface area contributed by atoms with Gasteiger partial charge in [0.05, 0.1) is 18.8 Å². The first-order valence-corrected chi connectivity index (χ1v) is 8.43. The zero-order valence-corrected chi connectivity index (χ0v) is 13.8. The first-order valence-electron chi connectivity index (χ1n) is 7.61. The Hall–Kier alpha value is -1.78. The SMILES string of the molecule is Cc1ccc(Sc2ccccc2N2CC[NH2+]CC2=O)c(C)c1. The number of piperazine rings is 1. The molecule has 2 aromatic carbocycles. The summed E-state index contributed by atoms with van der Waals surface area (Å²) in [5.74, 6) is 0.194. The van der Waals surface area contributed by atoms with Crippen LogP contribution in [0.2, 0.25) is 0 Å². The molecule has 2 N–H and O–H groups in total. The van der Waals surface area contributed by atoms with Crippen molar-refractivity contribution in [3.63, 3.8) is 0 Å². The first-order chi connectivity index (χ1) is 10.6. The van der Waals surface area contributed by atoms with Crippen LogP contribution in [0.25, 0.3) is 0 Å². The number of carbonyl (C=O) groups excluding carboxylic acids is 1. The fourth-order valence-corrected chi connectivity index (χ4v) is 3.76. The van der Waals surface area contributed by atoms with E-state index in [0.717, 1.165) is 23.7 Å². The van der Waals surface area contributed by atoms with Gasteiger partial charge in [-0.25, -0.2) is 0 Å². The number of hydrogen-bond donors (Lipinski definition) is 1. The molecule has 0 spiro atoms. The van der Waals surface area contributed by atoms with Crippen LogP contribution in [0.1, 0.15) is 11.1 Å². The van der Waals surface area contributed by atoms with Gasteiger partial charge in [-0.3, -0.25) is 4.79 Å². The van der Waals surface area contributed by atoms with Crippen molar-refractivity contribution in [1.29, 1.82) is 0 Å². The Morgan fingerprint density at radius 3 is 2.68 bits per heavy atom. The summed E-state index contributed by atoms with van der Waals surface area (Å²) >= 11 is 1.74. The largest absolute Gasteiger partial charge is 0.337 e. The number of para-hydroxylation sites is 1. The molecule has 114 valence electrons. The van der Waals surface area contributed by atoms with E-state index in [9.17, 15) is 4.79 Å². The van der Waals surface area contributed by atoms with Gasteiger partial charge in [-0.2, -0.15) is 0 Å². The maximum Gasteiger partial charge on any atom is 0.282 e. The van der Waals surface area contributed by atoms with E-state index >= 15 is 0 Å². The Kier molecular flexibility index (Phi) is 4.50. The maximum atomic E-state index is 12.2. The van der Waals surface area contributed by atoms with Crippen LogP contribution < -0.4 is 10.2 Å². The van der Waals surface area contributed by atoms with Gasteiger partial charge in [0.15, 0.2) is 6.54 Å². The van der Waals surface area contributed by atoms with E-state index in [0.29, 0.717) is 6.54 Å². The standard InChI is InChI=1S/C18H20N2OS/c1-13-7-8-16(14(2)11-13)22-17-6-4-3-5-15(17)20-10-9-19-12-18(20)21/h3-8,11,19H,9-10,12H2,1-2H3/p+1. The predicted octanol–water partition coefficient (Wildman–Crippen LogP) is 2.36. The summed E-state index contributed by atoms with van der Waals surface area (Å²) in [7, 11) is 0. The van der Waals surface area contributed by atoms with Crippen LogP contribution in [0.5, 0.6) is 0 Å². The predicted molar refractivity (Wildman–Crippen MR) is 90.5 cm³/mol. The number of hydrogen-bond acceptors (Lipinski definition) is 2. The fourth-order valence-electron chi connectivity index (χ4n) is 2.73. The number of aryl methyl sites for hydroxylation is 2. The van der Waals surface area contributed by atoms with Crippen molar-refractivity contribution >= 4 is 23.4 Å². The molecule has 0 saturated carbocycles. The molecule has 0 aliphatic carbocycles. The Balaban J connectivity index is 1.92. The van der Waals surface area contributed by atoms with Gasteiger partial charge >= 0.3 is 0 Å². The minimum absolute atomic E-state index is 0.194. The van der Waals surface area contributed by atoms with Crippen LogP contribution in [0, 0.1) is 13.8 Å². The minimum atomic E-state index is 0.194. The molecule has 1 saturated heterocycles. The van der Waals surface area contributed by atoms with E-state index in [1.807, 2.05) is 17.0 Å². The van der Waals surface area contributed by atoms with Crippen LogP contribution in [0.4, 0.5) is 5.69 Å². The van der Waals surface area contributed by atoms with Crippen molar-refractivity contribution in [3.8, 4) is 0 Å². The van der Waals surface area contributed by atoms with Gasteiger partial charge in [-0.05, 0) is 37.6 Å². The lowest BCUT2D eigenvalue weighted by atomic mass is 10.2. The average Bonchev–Trinajstić information content (AvgIpc) is 2.51. The molecular formula is C18H21N2OS+. The third kappa shape index (κ3) is 3.18. The zero-order chi connectivity index (χ0) is 15.5. The Labute approximate surface area is 135 Å². The minimum Gasteiger partial charge on any atom is -0.337 e. The highest BCUT2D eigenvalue weighted by atomic mass is 32.2. The van der Waals surface area contributed by atoms with Crippen molar-refractivity contribution < 1.29 is 10.1 Å². The van der Waals surface area contributed by atoms with E-state index in [4.69, 9.17) is 0 Å². The molecule has 1 amide bonds. The summed E-state index contributed by atoms with van der Waals surface area (Å²) < 4.78 is 0. The normalized spacial score (nSPS) is 15.2. The third-order valence-electron chi connectivity index (χ3n) is 3.88. The first kappa shape index (κ1) is 15.1. The van der Waals surface area contributed by atoms with Crippen molar-refractivity contribution in [3.05, 3.63) is 53.6 Å². The molecular weight excluding hydrogens is 292 g/mol. The van der Waals surface area contributed by atoms with Gasteiger partial charge in [0.1, 0.15) is 0 Å². The Bertz CT molecular complexity index is 699. The number of quaternary nitrogens is 1. The zero-order valence-electron chi connectivity index (χ0n) is 13.0. The average molecular weight is 313 g/mol. The van der Waals surface area contributed by atoms with E-state index in [1.54, 1.807) is 11.8 Å². The molecule has 4 heteroatoms. The van der Waals surface area contributed by atoms with Gasteiger partial charge in [0.2, 0.25) is 0 Å². The Morgan fingerprint density at radius 1 is 1.09 bits per heavy atom. The summed E-state index contributed by atoms with van der Waals surface area (Å²) in [4.78, 5) is 16.5. The van der Waals surface area contributed by atoms with Crippen molar-refractivity contribution in [1.82, 2.24) is 0 Å². The number of anilines is 1. The van der Waals surface area contributed by atoms with Crippen LogP contribution in [-0.2, 0) is 4.79 Å². The highest BCUT2D eigenvalue weighted by Crippen LogP contribution is 2.37. The molecule has 0 radical (unpaired) electrons. The van der Waals surface area contributed by atoms with Crippen molar-refractivity contribution in [2.45, 2.75) is 23.6 Å². The molecule has 1 aliphatic rings. The van der Waals surface area contributed by atoms with Crippen molar-refractivity contribution in [2.24, 2.45) is 0 Å². The highest BCUT2D eigenvalue weighted by molar-refractivity contribution is 7.99. The summed E-state index contributed by atoms with van der Waals surface area (Å²) in [5.41, 5.74) is 3.58. The molecule has 0 bridgehead atoms. The summed E-state index contributed by atoms with van der Waals surface area (Å²) in [6, 6.07) is 14.7. The third-order valence-corrected chi connectivity index (χ3v) is 5.13. The molecule has 1 fully saturated rings. The van der Waals surface area contributed by atoms with Gasteiger partial charge < -0.3 is 10.2 Å². The summed E-state index contributed by atoms with van der Waals surface area (Å²) in [6.07, 6.45) is 0. The molecule has 1 heterocycles. The Morgan fingerprint density at radius 2 is 1.91 bits per heavy atom. The molecule has 3 rings (SSSR count). The molecule has 2 aromatic rings. The number of nitrogens with zero attached hydrogens (tertiary/aromatic N) is 1. The van der Waals surface area contributed by atoms with Gasteiger partial charge in [-0.1, -0.05) is 41.6 Å². The van der Waals surface area contributed by atoms with E-state index in [-0.39, 0.29) is 5.91 Å². The second-order valence-corrected chi connectivity index (χ2v) is 6.75. The lowest BCUT2D eigenvalue weighted by Crippen LogP contribution is -2.91. The molecule has 22 heavy (non-hydrogen) atoms. The summed E-state index contributed by atoms with van der Waals surface area (Å²) in [6.45, 7) is 6.54. The van der Waals surface area contributed by atoms with Crippen LogP contribution in [0.3, 0.4) is 0 Å². The number of carbonyl (C=O) groups is 1. The van der Waals surface area contributed by atoms with Gasteiger partial charge in [0.25, 0.3) is 5.91 Å². The van der Waals surface area contributed by atoms with Gasteiger partial charge in [-0.15, -0.1) is 0 Å². The highest BCUT2D eigenvalue weighted by Gasteiger charge is 2.24. The quantitative estimate of drug-likeness (QED) is 0.944. The number of rotatable bonds is 3. The summed E-state index contributed by atoms with van der Waals surface area (Å²) in [5, 5.41) is 2.07. The number of amides is 1. The smallest absolute Gasteiger partial charge is 0.282 e. The molecule has 0 unspecified atom stereocenters. The van der Waals surface area contributed by atoms with Gasteiger partial charge in [0, 0.05) is 9.79 Å². The van der Waals surface area contributed by atoms with E-state index in [2.05, 4.69) is 49.5 Å². The van der Waals surface area contributed by atoms with Crippen LogP contribution >= 0.6 is 11.8 Å². The number of nitrogens with two attached hydrogens (primary N) is 1. The lowest BCUT2D eigenvalue weighted by Gasteiger charge is -2.27. The topological polar surface area (TPSA) is 36.9 Å². The van der Waals surface area contributed by atoms with E-state index in [1.165, 1.54) is 16.0 Å². The van der Waals surface area contributed by atoms with E-state index < -0.39 is 0 Å². The van der Waals surface area contributed by atoms with Crippen LogP contribution in [-0.4, -0.2) is 25.5 Å². The fraction of sp³-hybridized carbons (Fsp3) is 0.278. The monoisotopic (exact) mass is 313 g/mol. The van der Waals surface area contributed by atoms with Crippen molar-refractivity contribution in [2.75, 3.05) is 24.5 Å². The molecule has 0 aromatic heterocycles. The lowest BCUT2D eigenvalue weighted by molar-refractivity contribution is -0.645. The molecule has 1 aliphatic heterocycles. The van der Waals surface area contributed by atoms with Crippen LogP contribution in [0.15, 0.2) is 52.3 Å². The second-order valence-electron chi connectivity index (χ2n) is 5.67. The second kappa shape index (κ2) is 6.55. The molecule has 3 nitrogen and oxygen atoms in total. The molecule has 0 atom stereocenters. The maximum absolute atomic E-state index is 12.2. The number of benzene rings is 2.